The van der Waals surface area contributed by atoms with Crippen LogP contribution >= 0.6 is 0 Å². The van der Waals surface area contributed by atoms with Crippen molar-refractivity contribution in [2.45, 2.75) is 255 Å². The van der Waals surface area contributed by atoms with E-state index >= 15 is 0 Å². The molecule has 7 heterocycles. The van der Waals surface area contributed by atoms with Gasteiger partial charge in [-0.25, -0.2) is 0 Å². The first-order valence-electron chi connectivity index (χ1n) is 29.9. The molecule has 0 aliphatic carbocycles. The number of amides is 3. The molecule has 40 heteroatoms. The largest absolute Gasteiger partial charge is 0.410 e. The Morgan fingerprint density at radius 1 is 0.462 bits per heavy atom. The van der Waals surface area contributed by atoms with Crippen molar-refractivity contribution in [3.8, 4) is 0 Å². The Morgan fingerprint density at radius 2 is 0.839 bits per heavy atom. The summed E-state index contributed by atoms with van der Waals surface area (Å²) in [7, 11) is 0. The van der Waals surface area contributed by atoms with Gasteiger partial charge in [0.1, 0.15) is 152 Å². The molecule has 0 radical (unpaired) electrons. The number of carbonyl (C=O) groups excluding carboxylic acids is 4. The number of hydrogen-bond acceptors (Lipinski definition) is 37. The van der Waals surface area contributed by atoms with Crippen LogP contribution in [0.5, 0.6) is 0 Å². The molecular weight excluding hydrogens is 1270 g/mol. The molecule has 14 unspecified atom stereocenters. The van der Waals surface area contributed by atoms with Crippen LogP contribution in [0.2, 0.25) is 0 Å². The lowest BCUT2D eigenvalue weighted by molar-refractivity contribution is -0.448. The smallest absolute Gasteiger partial charge is 0.332 e. The highest BCUT2D eigenvalue weighted by Gasteiger charge is 2.61. The molecular formula is C53H89N3O37. The average molecular weight is 1360 g/mol. The summed E-state index contributed by atoms with van der Waals surface area (Å²) in [5.41, 5.74) is 0. The van der Waals surface area contributed by atoms with Gasteiger partial charge in [0.05, 0.1) is 77.0 Å². The first-order chi connectivity index (χ1) is 44.0. The van der Waals surface area contributed by atoms with Crippen molar-refractivity contribution >= 4 is 24.2 Å². The lowest BCUT2D eigenvalue weighted by atomic mass is 9.87. The number of rotatable bonds is 26. The van der Waals surface area contributed by atoms with Crippen molar-refractivity contribution in [2.75, 3.05) is 46.2 Å². The molecule has 7 aliphatic rings. The first kappa shape index (κ1) is 77.0. The molecule has 0 saturated carbocycles. The molecule has 22 N–H and O–H groups in total. The van der Waals surface area contributed by atoms with Gasteiger partial charge in [-0.2, -0.15) is 0 Å². The van der Waals surface area contributed by atoms with E-state index in [1.807, 2.05) is 0 Å². The Bertz CT molecular complexity index is 2380. The number of ether oxygens (including phenoxy) is 14. The van der Waals surface area contributed by atoms with Crippen molar-refractivity contribution in [2.24, 2.45) is 5.92 Å². The molecule has 7 aliphatic heterocycles. The number of carbonyl (C=O) groups is 4. The quantitative estimate of drug-likeness (QED) is 0.0282. The van der Waals surface area contributed by atoms with E-state index in [2.05, 4.69) is 16.0 Å². The number of nitrogens with one attached hydrogen (secondary N) is 3. The zero-order valence-electron chi connectivity index (χ0n) is 50.8. The normalized spacial score (nSPS) is 47.2. The molecule has 36 atom stereocenters. The molecule has 0 aromatic rings. The van der Waals surface area contributed by atoms with Gasteiger partial charge in [-0.15, -0.1) is 0 Å². The summed E-state index contributed by atoms with van der Waals surface area (Å²) in [6.07, 6.45) is -60.5. The molecule has 3 amide bonds. The van der Waals surface area contributed by atoms with E-state index in [0.717, 1.165) is 13.8 Å². The fourth-order valence-corrected chi connectivity index (χ4v) is 12.3. The van der Waals surface area contributed by atoms with Gasteiger partial charge in [0.25, 0.3) is 6.47 Å². The molecule has 0 aromatic heterocycles. The third kappa shape index (κ3) is 17.0. The van der Waals surface area contributed by atoms with Crippen molar-refractivity contribution in [1.82, 2.24) is 16.0 Å². The Kier molecular flexibility index (Phi) is 27.7. The van der Waals surface area contributed by atoms with Crippen LogP contribution in [-0.2, 0) is 85.5 Å². The molecule has 0 aromatic carbocycles. The van der Waals surface area contributed by atoms with Crippen LogP contribution in [0.15, 0.2) is 0 Å². The second-order valence-electron chi connectivity index (χ2n) is 23.7. The lowest BCUT2D eigenvalue weighted by Crippen LogP contribution is -2.71. The number of aliphatic hydroxyl groups excluding tert-OH is 19. The van der Waals surface area contributed by atoms with Crippen LogP contribution in [0, 0.1) is 5.92 Å². The van der Waals surface area contributed by atoms with Gasteiger partial charge in [0, 0.05) is 26.7 Å². The van der Waals surface area contributed by atoms with Gasteiger partial charge in [0.15, 0.2) is 31.5 Å². The van der Waals surface area contributed by atoms with Crippen LogP contribution in [0.4, 0.5) is 0 Å². The van der Waals surface area contributed by atoms with E-state index in [1.54, 1.807) is 0 Å². The first-order valence-corrected chi connectivity index (χ1v) is 29.9. The van der Waals surface area contributed by atoms with E-state index in [1.165, 1.54) is 20.8 Å². The van der Waals surface area contributed by atoms with Crippen molar-refractivity contribution < 1.29 is 183 Å². The predicted octanol–water partition coefficient (Wildman–Crippen LogP) is -14.2. The Morgan fingerprint density at radius 3 is 1.29 bits per heavy atom. The molecule has 93 heavy (non-hydrogen) atoms. The van der Waals surface area contributed by atoms with E-state index < -0.39 is 291 Å². The van der Waals surface area contributed by atoms with Gasteiger partial charge in [0.2, 0.25) is 17.7 Å². The molecule has 40 nitrogen and oxygen atoms in total. The minimum Gasteiger partial charge on any atom is -0.410 e. The molecule has 0 spiro atoms. The topological polar surface area (TPSA) is 618 Å². The molecule has 7 fully saturated rings. The van der Waals surface area contributed by atoms with Gasteiger partial charge in [-0.05, 0) is 6.92 Å². The van der Waals surface area contributed by atoms with E-state index in [4.69, 9.17) is 66.3 Å². The van der Waals surface area contributed by atoms with E-state index in [9.17, 15) is 116 Å². The van der Waals surface area contributed by atoms with Crippen molar-refractivity contribution in [1.29, 1.82) is 0 Å². The maximum Gasteiger partial charge on any atom is 0.332 e. The summed E-state index contributed by atoms with van der Waals surface area (Å²) in [5, 5.41) is 217. The Hall–Kier alpha value is -3.40. The minimum absolute atomic E-state index is 0.221. The second-order valence-corrected chi connectivity index (χ2v) is 23.7. The number of hydrogen-bond donors (Lipinski definition) is 22. The summed E-state index contributed by atoms with van der Waals surface area (Å²) in [6, 6.07) is -4.75. The SMILES string of the molecule is CC(=O)NC1[C@H](O[C@@H]2C(CO)O[C@@H](C)C(NC(C)=O)[C@H]2O)OC(CO)[C@@H](O[C@@H]2OC(CO)[C@@H](O)[C@H](O[C@H]3OC(CO)[C@@H](O)C(O)C3O[C@@H]3OC(CO)[C@@H](O[C@@H]4OC(CO)[C@H](O)[C@H](O[C@]5(OC=O)C[C@@H](O)[C@@H](C)C([C@@H](O)[C@H](O)CO)O5)C4O)[C@H](O)C3NC(C)=O)C2O)[C@@H]1O. The van der Waals surface area contributed by atoms with Crippen molar-refractivity contribution in [3.05, 3.63) is 0 Å². The monoisotopic (exact) mass is 1360 g/mol. The lowest BCUT2D eigenvalue weighted by Gasteiger charge is -2.51. The third-order valence-electron chi connectivity index (χ3n) is 17.2. The maximum absolute atomic E-state index is 12.9. The highest BCUT2D eigenvalue weighted by molar-refractivity contribution is 5.74. The highest BCUT2D eigenvalue weighted by Crippen LogP contribution is 2.42. The van der Waals surface area contributed by atoms with Gasteiger partial charge < -0.3 is 179 Å². The van der Waals surface area contributed by atoms with Gasteiger partial charge in [-0.3, -0.25) is 19.2 Å². The molecule has 7 saturated heterocycles. The second kappa shape index (κ2) is 33.4. The summed E-state index contributed by atoms with van der Waals surface area (Å²) in [5.74, 6) is -6.18. The Balaban J connectivity index is 1.12. The summed E-state index contributed by atoms with van der Waals surface area (Å²) >= 11 is 0. The maximum atomic E-state index is 12.9. The van der Waals surface area contributed by atoms with Crippen LogP contribution in [0.1, 0.15) is 41.0 Å². The minimum atomic E-state index is -2.81. The van der Waals surface area contributed by atoms with Gasteiger partial charge in [-0.1, -0.05) is 6.92 Å². The van der Waals surface area contributed by atoms with Crippen molar-refractivity contribution in [3.63, 3.8) is 0 Å². The molecule has 7 rings (SSSR count). The zero-order valence-corrected chi connectivity index (χ0v) is 50.8. The summed E-state index contributed by atoms with van der Waals surface area (Å²) < 4.78 is 81.9. The van der Waals surface area contributed by atoms with E-state index in [0.29, 0.717) is 0 Å². The average Bonchev–Trinajstić information content (AvgIpc) is 0.775. The number of aliphatic hydroxyl groups is 19. The van der Waals surface area contributed by atoms with Crippen LogP contribution < -0.4 is 16.0 Å². The van der Waals surface area contributed by atoms with E-state index in [-0.39, 0.29) is 6.47 Å². The van der Waals surface area contributed by atoms with Crippen LogP contribution in [-0.4, -0.2) is 382 Å². The zero-order chi connectivity index (χ0) is 68.8. The Labute approximate surface area is 529 Å². The predicted molar refractivity (Wildman–Crippen MR) is 290 cm³/mol. The van der Waals surface area contributed by atoms with Crippen LogP contribution in [0.3, 0.4) is 0 Å². The fourth-order valence-electron chi connectivity index (χ4n) is 12.3. The summed E-state index contributed by atoms with van der Waals surface area (Å²) in [4.78, 5) is 49.5. The molecule has 538 valence electrons. The summed E-state index contributed by atoms with van der Waals surface area (Å²) in [6.45, 7) is -1.37. The van der Waals surface area contributed by atoms with Crippen LogP contribution in [0.25, 0.3) is 0 Å². The highest BCUT2D eigenvalue weighted by atomic mass is 16.9. The fraction of sp³-hybridized carbons (Fsp3) is 0.925. The molecule has 0 bridgehead atoms. The standard InChI is InChI=1S/C53H89N3O37/c1-15-20(68)6-53(80-14-64,92-41(15)31(70)21(69)7-57)93-46-34(73)24(10-60)83-51(40(46)79)89-44-27(13-63)86-49(30(37(44)76)56-19(5)67)91-47-38(77)32(71)22(8-58)84-52(47)90-45-33(72)23(9-59)82-50(39(45)78)88-43-26(12-62)85-48(29(36(43)75)55-18(4)66)87-42-25(11-61)81-16(2)28(35(42)74)54-17(3)65/h14-16,20-52,57-63,68-79H,6-13H2,1-5H3,(H,54,65)(H,55,66)(H,56,67)/t15-,16+,20-,21-,22?,23?,24?,25?,26?,27?,28?,29?,30?,31+,32-,33-,34+,35-,36-,37-,38?,39?,40?,41?,42-,43-,44-,45+,46+,47?,48+,49+,50+,51+,52-,53+/m1/s1. The third-order valence-corrected chi connectivity index (χ3v) is 17.2. The van der Waals surface area contributed by atoms with Gasteiger partial charge >= 0.3 is 5.97 Å².